The first-order chi connectivity index (χ1) is 14.2. The number of nitrogens with one attached hydrogen (secondary N) is 1. The Balaban J connectivity index is 1.41. The standard InChI is InChI=1S/C22H21N5O2/c1-14-9-10-16(20-25-22(29-26-20)15-6-2-3-7-15)12-17(14)24-21(28)18-13-23-19-8-4-5-11-27(18)19/h4-5,8-13,15H,2-3,6-7H2,1H3,(H,24,28). The van der Waals surface area contributed by atoms with Crippen molar-refractivity contribution in [3.8, 4) is 11.4 Å². The predicted molar refractivity (Wildman–Crippen MR) is 109 cm³/mol. The van der Waals surface area contributed by atoms with Gasteiger partial charge in [-0.15, -0.1) is 0 Å². The summed E-state index contributed by atoms with van der Waals surface area (Å²) in [5, 5.41) is 7.15. The van der Waals surface area contributed by atoms with Crippen LogP contribution in [0.3, 0.4) is 0 Å². The highest BCUT2D eigenvalue weighted by molar-refractivity contribution is 6.04. The minimum Gasteiger partial charge on any atom is -0.339 e. The van der Waals surface area contributed by atoms with Crippen LogP contribution in [0, 0.1) is 6.92 Å². The van der Waals surface area contributed by atoms with Crippen LogP contribution in [0.5, 0.6) is 0 Å². The maximum Gasteiger partial charge on any atom is 0.274 e. The Morgan fingerprint density at radius 1 is 1.21 bits per heavy atom. The highest BCUT2D eigenvalue weighted by Gasteiger charge is 2.23. The van der Waals surface area contributed by atoms with Crippen molar-refractivity contribution in [2.45, 2.75) is 38.5 Å². The summed E-state index contributed by atoms with van der Waals surface area (Å²) < 4.78 is 7.27. The molecule has 7 heteroatoms. The zero-order chi connectivity index (χ0) is 19.8. The van der Waals surface area contributed by atoms with Gasteiger partial charge in [0.05, 0.1) is 6.20 Å². The number of carbonyl (C=O) groups is 1. The van der Waals surface area contributed by atoms with E-state index in [9.17, 15) is 4.79 Å². The zero-order valence-electron chi connectivity index (χ0n) is 16.1. The molecule has 0 spiro atoms. The van der Waals surface area contributed by atoms with Gasteiger partial charge in [0.2, 0.25) is 11.7 Å². The molecule has 1 fully saturated rings. The molecule has 1 N–H and O–H groups in total. The molecule has 1 aromatic carbocycles. The summed E-state index contributed by atoms with van der Waals surface area (Å²) >= 11 is 0. The zero-order valence-corrected chi connectivity index (χ0v) is 16.1. The molecule has 1 amide bonds. The van der Waals surface area contributed by atoms with E-state index in [1.807, 2.05) is 49.5 Å². The van der Waals surface area contributed by atoms with E-state index in [0.717, 1.165) is 35.5 Å². The van der Waals surface area contributed by atoms with Crippen LogP contribution in [0.15, 0.2) is 53.3 Å². The Hall–Kier alpha value is -3.48. The molecule has 0 radical (unpaired) electrons. The van der Waals surface area contributed by atoms with E-state index < -0.39 is 0 Å². The smallest absolute Gasteiger partial charge is 0.274 e. The molecule has 1 aliphatic rings. The second-order valence-electron chi connectivity index (χ2n) is 7.49. The van der Waals surface area contributed by atoms with Gasteiger partial charge in [0.25, 0.3) is 5.91 Å². The summed E-state index contributed by atoms with van der Waals surface area (Å²) in [6, 6.07) is 11.4. The minimum absolute atomic E-state index is 0.219. The lowest BCUT2D eigenvalue weighted by atomic mass is 10.1. The molecule has 0 saturated heterocycles. The first-order valence-corrected chi connectivity index (χ1v) is 9.87. The largest absolute Gasteiger partial charge is 0.339 e. The number of rotatable bonds is 4. The summed E-state index contributed by atoms with van der Waals surface area (Å²) in [6.07, 6.45) is 8.05. The van der Waals surface area contributed by atoms with Crippen molar-refractivity contribution in [2.24, 2.45) is 0 Å². The van der Waals surface area contributed by atoms with Crippen molar-refractivity contribution >= 4 is 17.2 Å². The fourth-order valence-electron chi connectivity index (χ4n) is 3.87. The van der Waals surface area contributed by atoms with E-state index in [4.69, 9.17) is 4.52 Å². The van der Waals surface area contributed by atoms with E-state index >= 15 is 0 Å². The molecule has 0 unspecified atom stereocenters. The monoisotopic (exact) mass is 387 g/mol. The molecular formula is C22H21N5O2. The van der Waals surface area contributed by atoms with Crippen LogP contribution in [0.1, 0.15) is 53.5 Å². The molecule has 5 rings (SSSR count). The molecule has 0 aliphatic heterocycles. The quantitative estimate of drug-likeness (QED) is 0.553. The average molecular weight is 387 g/mol. The Labute approximate surface area is 167 Å². The SMILES string of the molecule is Cc1ccc(-c2noc(C3CCCC3)n2)cc1NC(=O)c1cnc2ccccn12. The van der Waals surface area contributed by atoms with E-state index in [2.05, 4.69) is 20.4 Å². The Morgan fingerprint density at radius 2 is 2.07 bits per heavy atom. The number of benzene rings is 1. The van der Waals surface area contributed by atoms with Crippen LogP contribution >= 0.6 is 0 Å². The molecule has 146 valence electrons. The fraction of sp³-hybridized carbons (Fsp3) is 0.273. The third-order valence-electron chi connectivity index (χ3n) is 5.54. The highest BCUT2D eigenvalue weighted by atomic mass is 16.5. The first kappa shape index (κ1) is 17.6. The molecule has 0 bridgehead atoms. The number of hydrogen-bond donors (Lipinski definition) is 1. The van der Waals surface area contributed by atoms with Gasteiger partial charge in [0.1, 0.15) is 11.3 Å². The van der Waals surface area contributed by atoms with Gasteiger partial charge in [-0.1, -0.05) is 36.2 Å². The normalized spacial score (nSPS) is 14.5. The van der Waals surface area contributed by atoms with E-state index in [1.54, 1.807) is 10.6 Å². The predicted octanol–water partition coefficient (Wildman–Crippen LogP) is 4.60. The van der Waals surface area contributed by atoms with Crippen molar-refractivity contribution < 1.29 is 9.32 Å². The summed E-state index contributed by atoms with van der Waals surface area (Å²) in [6.45, 7) is 1.95. The van der Waals surface area contributed by atoms with Crippen molar-refractivity contribution in [2.75, 3.05) is 5.32 Å². The van der Waals surface area contributed by atoms with Gasteiger partial charge in [-0.05, 0) is 43.5 Å². The molecule has 1 aliphatic carbocycles. The number of carbonyl (C=O) groups excluding carboxylic acids is 1. The number of nitrogens with zero attached hydrogens (tertiary/aromatic N) is 4. The average Bonchev–Trinajstić information content (AvgIpc) is 3.49. The number of amides is 1. The van der Waals surface area contributed by atoms with Gasteiger partial charge in [0, 0.05) is 23.4 Å². The van der Waals surface area contributed by atoms with Crippen LogP contribution in [0.2, 0.25) is 0 Å². The van der Waals surface area contributed by atoms with Crippen molar-refractivity contribution in [3.63, 3.8) is 0 Å². The molecular weight excluding hydrogens is 366 g/mol. The van der Waals surface area contributed by atoms with E-state index in [0.29, 0.717) is 23.1 Å². The maximum atomic E-state index is 12.8. The lowest BCUT2D eigenvalue weighted by Crippen LogP contribution is -2.15. The van der Waals surface area contributed by atoms with Crippen molar-refractivity contribution in [3.05, 3.63) is 65.9 Å². The Kier molecular flexibility index (Phi) is 4.35. The van der Waals surface area contributed by atoms with Gasteiger partial charge >= 0.3 is 0 Å². The third kappa shape index (κ3) is 3.29. The van der Waals surface area contributed by atoms with Gasteiger partial charge in [-0.3, -0.25) is 9.20 Å². The van der Waals surface area contributed by atoms with Crippen molar-refractivity contribution in [1.29, 1.82) is 0 Å². The topological polar surface area (TPSA) is 85.3 Å². The Morgan fingerprint density at radius 3 is 2.93 bits per heavy atom. The third-order valence-corrected chi connectivity index (χ3v) is 5.54. The van der Waals surface area contributed by atoms with Gasteiger partial charge in [-0.25, -0.2) is 4.98 Å². The molecule has 7 nitrogen and oxygen atoms in total. The molecule has 0 atom stereocenters. The molecule has 1 saturated carbocycles. The molecule has 3 aromatic heterocycles. The summed E-state index contributed by atoms with van der Waals surface area (Å²) in [5.41, 5.74) is 3.70. The van der Waals surface area contributed by atoms with Gasteiger partial charge in [-0.2, -0.15) is 4.98 Å². The van der Waals surface area contributed by atoms with Crippen LogP contribution in [0.4, 0.5) is 5.69 Å². The fourth-order valence-corrected chi connectivity index (χ4v) is 3.87. The number of aromatic nitrogens is 4. The number of imidazole rings is 1. The van der Waals surface area contributed by atoms with Gasteiger partial charge < -0.3 is 9.84 Å². The van der Waals surface area contributed by atoms with Crippen LogP contribution in [-0.2, 0) is 0 Å². The number of pyridine rings is 1. The number of hydrogen-bond acceptors (Lipinski definition) is 5. The van der Waals surface area contributed by atoms with Crippen molar-refractivity contribution in [1.82, 2.24) is 19.5 Å². The second kappa shape index (κ2) is 7.16. The minimum atomic E-state index is -0.219. The first-order valence-electron chi connectivity index (χ1n) is 9.87. The lowest BCUT2D eigenvalue weighted by molar-refractivity contribution is 0.102. The number of aryl methyl sites for hydroxylation is 1. The van der Waals surface area contributed by atoms with E-state index in [1.165, 1.54) is 12.8 Å². The lowest BCUT2D eigenvalue weighted by Gasteiger charge is -2.09. The van der Waals surface area contributed by atoms with E-state index in [-0.39, 0.29) is 5.91 Å². The Bertz CT molecular complexity index is 1190. The van der Waals surface area contributed by atoms with Crippen LogP contribution in [0.25, 0.3) is 17.0 Å². The summed E-state index contributed by atoms with van der Waals surface area (Å²) in [4.78, 5) is 21.7. The maximum absolute atomic E-state index is 12.8. The number of anilines is 1. The highest BCUT2D eigenvalue weighted by Crippen LogP contribution is 2.34. The number of fused-ring (bicyclic) bond motifs is 1. The van der Waals surface area contributed by atoms with Crippen LogP contribution < -0.4 is 5.32 Å². The molecule has 29 heavy (non-hydrogen) atoms. The summed E-state index contributed by atoms with van der Waals surface area (Å²) in [7, 11) is 0. The summed E-state index contributed by atoms with van der Waals surface area (Å²) in [5.74, 6) is 1.42. The van der Waals surface area contributed by atoms with Gasteiger partial charge in [0.15, 0.2) is 0 Å². The molecule has 3 heterocycles. The van der Waals surface area contributed by atoms with Crippen LogP contribution in [-0.4, -0.2) is 25.4 Å². The second-order valence-corrected chi connectivity index (χ2v) is 7.49. The molecule has 4 aromatic rings.